The molecule has 0 atom stereocenters. The zero-order chi connectivity index (χ0) is 22.2. The molecule has 0 saturated carbocycles. The van der Waals surface area contributed by atoms with Crippen molar-refractivity contribution in [2.45, 2.75) is 11.3 Å². The summed E-state index contributed by atoms with van der Waals surface area (Å²) in [4.78, 5) is 12.4. The molecule has 0 unspecified atom stereocenters. The van der Waals surface area contributed by atoms with Crippen LogP contribution in [0.2, 0.25) is 5.02 Å². The summed E-state index contributed by atoms with van der Waals surface area (Å²) in [6, 6.07) is 16.4. The molecular formula is C22H13ClFN3O3S. The molecule has 3 aromatic carbocycles. The number of Topliss-reactive ketones (excluding diaryl/α,β-unsaturated/α-hetero) is 1. The molecule has 0 amide bonds. The number of carbonyl (C=O) groups is 1. The van der Waals surface area contributed by atoms with E-state index >= 15 is 0 Å². The number of hydrogen-bond acceptors (Lipinski definition) is 5. The minimum absolute atomic E-state index is 0.00630. The maximum Gasteiger partial charge on any atom is 0.284 e. The van der Waals surface area contributed by atoms with Crippen molar-refractivity contribution in [1.29, 1.82) is 5.26 Å². The Morgan fingerprint density at radius 2 is 1.90 bits per heavy atom. The highest BCUT2D eigenvalue weighted by atomic mass is 35.5. The number of ketones is 1. The van der Waals surface area contributed by atoms with Crippen LogP contribution in [0, 0.1) is 17.1 Å². The van der Waals surface area contributed by atoms with Gasteiger partial charge in [-0.2, -0.15) is 22.9 Å². The number of halogens is 2. The molecule has 6 nitrogen and oxygen atoms in total. The topological polar surface area (TPSA) is 92.8 Å². The molecule has 0 fully saturated rings. The van der Waals surface area contributed by atoms with Crippen molar-refractivity contribution in [3.63, 3.8) is 0 Å². The summed E-state index contributed by atoms with van der Waals surface area (Å²) in [7, 11) is -4.16. The molecule has 0 spiro atoms. The van der Waals surface area contributed by atoms with Crippen LogP contribution < -0.4 is 0 Å². The average Bonchev–Trinajstić information content (AvgIpc) is 3.17. The molecule has 0 saturated heterocycles. The summed E-state index contributed by atoms with van der Waals surface area (Å²) in [5.74, 6) is -1.26. The van der Waals surface area contributed by atoms with E-state index in [2.05, 4.69) is 5.10 Å². The first-order valence-corrected chi connectivity index (χ1v) is 10.8. The van der Waals surface area contributed by atoms with Gasteiger partial charge in [0.05, 0.1) is 27.9 Å². The SMILES string of the molecule is N#Cc1ccccc1S(=O)(=O)n1ncc2ccc(CC(=O)c3c(F)cccc3Cl)cc21. The van der Waals surface area contributed by atoms with Crippen LogP contribution in [0.1, 0.15) is 21.5 Å². The number of fused-ring (bicyclic) bond motifs is 1. The van der Waals surface area contributed by atoms with Crippen molar-refractivity contribution < 1.29 is 17.6 Å². The van der Waals surface area contributed by atoms with Gasteiger partial charge in [0.25, 0.3) is 10.0 Å². The second kappa shape index (κ2) is 7.95. The lowest BCUT2D eigenvalue weighted by atomic mass is 10.0. The third kappa shape index (κ3) is 3.69. The van der Waals surface area contributed by atoms with Crippen LogP contribution >= 0.6 is 11.6 Å². The zero-order valence-corrected chi connectivity index (χ0v) is 17.4. The molecule has 1 aromatic heterocycles. The van der Waals surface area contributed by atoms with E-state index in [1.165, 1.54) is 42.6 Å². The van der Waals surface area contributed by atoms with E-state index in [0.717, 1.165) is 10.2 Å². The predicted octanol–water partition coefficient (Wildman–Crippen LogP) is 4.36. The van der Waals surface area contributed by atoms with E-state index < -0.39 is 21.6 Å². The minimum atomic E-state index is -4.16. The number of aromatic nitrogens is 2. The maximum absolute atomic E-state index is 14.1. The number of carbonyl (C=O) groups excluding carboxylic acids is 1. The molecule has 154 valence electrons. The van der Waals surface area contributed by atoms with Crippen LogP contribution in [0.15, 0.2) is 71.8 Å². The molecule has 0 aliphatic carbocycles. The molecule has 0 aliphatic rings. The summed E-state index contributed by atoms with van der Waals surface area (Å²) in [5, 5.41) is 13.8. The fraction of sp³-hybridized carbons (Fsp3) is 0.0455. The molecule has 0 N–H and O–H groups in total. The Labute approximate surface area is 182 Å². The smallest absolute Gasteiger partial charge is 0.284 e. The van der Waals surface area contributed by atoms with Gasteiger partial charge < -0.3 is 0 Å². The number of benzene rings is 3. The van der Waals surface area contributed by atoms with E-state index in [1.54, 1.807) is 18.2 Å². The molecule has 0 aliphatic heterocycles. The standard InChI is InChI=1S/C22H13ClFN3O3S/c23-17-5-3-6-18(24)22(17)20(28)11-14-8-9-16-13-26-27(19(16)10-14)31(29,30)21-7-2-1-4-15(21)12-25/h1-10,13H,11H2. The Hall–Kier alpha value is -3.54. The first-order valence-electron chi connectivity index (χ1n) is 9.01. The van der Waals surface area contributed by atoms with Crippen molar-refractivity contribution in [2.75, 3.05) is 0 Å². The maximum atomic E-state index is 14.1. The van der Waals surface area contributed by atoms with Gasteiger partial charge in [0, 0.05) is 11.8 Å². The van der Waals surface area contributed by atoms with Crippen LogP contribution in [0.5, 0.6) is 0 Å². The lowest BCUT2D eigenvalue weighted by Crippen LogP contribution is -2.16. The zero-order valence-electron chi connectivity index (χ0n) is 15.8. The predicted molar refractivity (Wildman–Crippen MR) is 113 cm³/mol. The molecule has 1 heterocycles. The van der Waals surface area contributed by atoms with Crippen LogP contribution in [0.25, 0.3) is 10.9 Å². The van der Waals surface area contributed by atoms with Gasteiger partial charge in [-0.1, -0.05) is 41.9 Å². The highest BCUT2D eigenvalue weighted by Crippen LogP contribution is 2.25. The van der Waals surface area contributed by atoms with E-state index in [4.69, 9.17) is 11.6 Å². The molecule has 9 heteroatoms. The number of nitriles is 1. The van der Waals surface area contributed by atoms with Gasteiger partial charge >= 0.3 is 0 Å². The monoisotopic (exact) mass is 453 g/mol. The minimum Gasteiger partial charge on any atom is -0.294 e. The molecule has 0 bridgehead atoms. The van der Waals surface area contributed by atoms with E-state index in [9.17, 15) is 22.9 Å². The molecular weight excluding hydrogens is 441 g/mol. The molecule has 4 rings (SSSR count). The Morgan fingerprint density at radius 3 is 2.65 bits per heavy atom. The van der Waals surface area contributed by atoms with Gasteiger partial charge in [0.15, 0.2) is 5.78 Å². The Bertz CT molecular complexity index is 1470. The molecule has 31 heavy (non-hydrogen) atoms. The first kappa shape index (κ1) is 20.7. The third-order valence-electron chi connectivity index (χ3n) is 4.72. The van der Waals surface area contributed by atoms with Gasteiger partial charge in [-0.15, -0.1) is 0 Å². The van der Waals surface area contributed by atoms with Crippen LogP contribution in [-0.4, -0.2) is 23.4 Å². The van der Waals surface area contributed by atoms with E-state index in [0.29, 0.717) is 10.9 Å². The summed E-state index contributed by atoms with van der Waals surface area (Å²) in [5.41, 5.74) is 0.472. The van der Waals surface area contributed by atoms with E-state index in [1.807, 2.05) is 6.07 Å². The lowest BCUT2D eigenvalue weighted by Gasteiger charge is -2.09. The second-order valence-corrected chi connectivity index (χ2v) is 8.83. The highest BCUT2D eigenvalue weighted by Gasteiger charge is 2.24. The van der Waals surface area contributed by atoms with Gasteiger partial charge in [-0.05, 0) is 35.9 Å². The van der Waals surface area contributed by atoms with Gasteiger partial charge in [0.1, 0.15) is 16.8 Å². The second-order valence-electron chi connectivity index (χ2n) is 6.69. The fourth-order valence-corrected chi connectivity index (χ4v) is 4.94. The quantitative estimate of drug-likeness (QED) is 0.418. The van der Waals surface area contributed by atoms with Crippen molar-refractivity contribution in [2.24, 2.45) is 0 Å². The lowest BCUT2D eigenvalue weighted by molar-refractivity contribution is 0.0989. The molecule has 0 radical (unpaired) electrons. The van der Waals surface area contributed by atoms with E-state index in [-0.39, 0.29) is 33.0 Å². The van der Waals surface area contributed by atoms with Gasteiger partial charge in [-0.25, -0.2) is 4.39 Å². The number of nitrogens with zero attached hydrogens (tertiary/aromatic N) is 3. The third-order valence-corrected chi connectivity index (χ3v) is 6.70. The van der Waals surface area contributed by atoms with Gasteiger partial charge in [0.2, 0.25) is 0 Å². The Balaban J connectivity index is 1.77. The molecule has 4 aromatic rings. The Kier molecular flexibility index (Phi) is 5.31. The Morgan fingerprint density at radius 1 is 1.13 bits per heavy atom. The van der Waals surface area contributed by atoms with Gasteiger partial charge in [-0.3, -0.25) is 4.79 Å². The number of hydrogen-bond donors (Lipinski definition) is 0. The van der Waals surface area contributed by atoms with Crippen molar-refractivity contribution in [3.8, 4) is 6.07 Å². The summed E-state index contributed by atoms with van der Waals surface area (Å²) in [6.45, 7) is 0. The normalized spacial score (nSPS) is 11.4. The summed E-state index contributed by atoms with van der Waals surface area (Å²) >= 11 is 5.97. The average molecular weight is 454 g/mol. The largest absolute Gasteiger partial charge is 0.294 e. The summed E-state index contributed by atoms with van der Waals surface area (Å²) < 4.78 is 41.2. The van der Waals surface area contributed by atoms with Crippen LogP contribution in [-0.2, 0) is 16.4 Å². The highest BCUT2D eigenvalue weighted by molar-refractivity contribution is 7.90. The van der Waals surface area contributed by atoms with Crippen LogP contribution in [0.4, 0.5) is 4.39 Å². The number of rotatable bonds is 5. The summed E-state index contributed by atoms with van der Waals surface area (Å²) in [6.07, 6.45) is 1.19. The van der Waals surface area contributed by atoms with Crippen LogP contribution in [0.3, 0.4) is 0 Å². The van der Waals surface area contributed by atoms with Crippen molar-refractivity contribution >= 4 is 38.3 Å². The first-order chi connectivity index (χ1) is 14.8. The van der Waals surface area contributed by atoms with Crippen molar-refractivity contribution in [3.05, 3.63) is 94.4 Å². The fourth-order valence-electron chi connectivity index (χ4n) is 3.26. The van der Waals surface area contributed by atoms with Crippen molar-refractivity contribution in [1.82, 2.24) is 9.19 Å².